The average molecular weight is 263 g/mol. The maximum absolute atomic E-state index is 11.2. The molecule has 4 N–H and O–H groups in total. The molecule has 106 valence electrons. The topological polar surface area (TPSA) is 59.7 Å². The van der Waals surface area contributed by atoms with Crippen LogP contribution in [0.5, 0.6) is 0 Å². The Hall–Kier alpha value is -1.35. The highest BCUT2D eigenvalue weighted by molar-refractivity contribution is 5.77. The van der Waals surface area contributed by atoms with Crippen molar-refractivity contribution in [1.29, 1.82) is 0 Å². The summed E-state index contributed by atoms with van der Waals surface area (Å²) in [7, 11) is 0. The minimum absolute atomic E-state index is 0.197. The first kappa shape index (κ1) is 15.7. The smallest absolute Gasteiger partial charge is 0.275 e. The van der Waals surface area contributed by atoms with Crippen LogP contribution >= 0.6 is 0 Å². The molecule has 0 spiro atoms. The Morgan fingerprint density at radius 1 is 1.00 bits per heavy atom. The number of carbonyl (C=O) groups is 1. The van der Waals surface area contributed by atoms with Gasteiger partial charge >= 0.3 is 0 Å². The van der Waals surface area contributed by atoms with Crippen molar-refractivity contribution in [3.8, 4) is 0 Å². The Morgan fingerprint density at radius 2 is 1.47 bits per heavy atom. The van der Waals surface area contributed by atoms with Gasteiger partial charge in [0.25, 0.3) is 5.91 Å². The third-order valence-corrected chi connectivity index (χ3v) is 3.65. The Morgan fingerprint density at radius 3 is 1.84 bits per heavy atom. The molecule has 3 nitrogen and oxygen atoms in total. The van der Waals surface area contributed by atoms with Crippen LogP contribution in [0.25, 0.3) is 0 Å². The minimum Gasteiger partial charge on any atom is -0.365 e. The van der Waals surface area contributed by atoms with Crippen LogP contribution in [-0.2, 0) is 4.79 Å². The number of hydrogen-bond donors (Lipinski definition) is 2. The van der Waals surface area contributed by atoms with Crippen LogP contribution in [-0.4, -0.2) is 11.9 Å². The number of amides is 1. The summed E-state index contributed by atoms with van der Waals surface area (Å²) in [6.07, 6.45) is 0. The third kappa shape index (κ3) is 4.35. The molecule has 0 heterocycles. The van der Waals surface area contributed by atoms with Crippen LogP contribution in [0.1, 0.15) is 57.7 Å². The number of hydrogen-bond acceptors (Lipinski definition) is 1. The molecule has 19 heavy (non-hydrogen) atoms. The molecule has 1 amide bonds. The maximum atomic E-state index is 11.2. The van der Waals surface area contributed by atoms with Gasteiger partial charge in [0.1, 0.15) is 6.04 Å². The van der Waals surface area contributed by atoms with E-state index in [1.807, 2.05) is 6.92 Å². The van der Waals surface area contributed by atoms with Crippen molar-refractivity contribution in [1.82, 2.24) is 0 Å². The fraction of sp³-hybridized carbons (Fsp3) is 0.562. The van der Waals surface area contributed by atoms with Gasteiger partial charge in [0.2, 0.25) is 0 Å². The Bertz CT molecular complexity index is 409. The largest absolute Gasteiger partial charge is 0.365 e. The highest BCUT2D eigenvalue weighted by Crippen LogP contribution is 2.21. The monoisotopic (exact) mass is 263 g/mol. The molecule has 0 radical (unpaired) electrons. The van der Waals surface area contributed by atoms with Gasteiger partial charge in [0.05, 0.1) is 0 Å². The molecule has 0 saturated heterocycles. The molecule has 3 heteroatoms. The SMILES string of the molecule is CC(C)c1ccc([C@H]([NH2+][C@H](C)C(N)=O)C(C)C)cc1. The van der Waals surface area contributed by atoms with E-state index in [0.29, 0.717) is 11.8 Å². The van der Waals surface area contributed by atoms with Crippen LogP contribution in [0.15, 0.2) is 24.3 Å². The quantitative estimate of drug-likeness (QED) is 0.809. The van der Waals surface area contributed by atoms with Crippen LogP contribution in [0.3, 0.4) is 0 Å². The van der Waals surface area contributed by atoms with E-state index in [9.17, 15) is 4.79 Å². The molecular weight excluding hydrogens is 236 g/mol. The lowest BCUT2D eigenvalue weighted by Gasteiger charge is -2.22. The molecule has 0 bridgehead atoms. The van der Waals surface area contributed by atoms with E-state index >= 15 is 0 Å². The molecule has 1 aromatic rings. The highest BCUT2D eigenvalue weighted by Gasteiger charge is 2.24. The molecule has 1 rings (SSSR count). The van der Waals surface area contributed by atoms with Gasteiger partial charge in [-0.2, -0.15) is 0 Å². The molecule has 0 unspecified atom stereocenters. The molecule has 0 aliphatic rings. The van der Waals surface area contributed by atoms with Gasteiger partial charge in [-0.15, -0.1) is 0 Å². The van der Waals surface area contributed by atoms with Gasteiger partial charge in [0, 0.05) is 11.5 Å². The van der Waals surface area contributed by atoms with E-state index in [1.54, 1.807) is 0 Å². The summed E-state index contributed by atoms with van der Waals surface area (Å²) in [5.41, 5.74) is 7.95. The first-order valence-electron chi connectivity index (χ1n) is 7.07. The minimum atomic E-state index is -0.260. The van der Waals surface area contributed by atoms with Crippen molar-refractivity contribution in [2.45, 2.75) is 52.6 Å². The molecule has 0 aliphatic heterocycles. The Balaban J connectivity index is 2.90. The van der Waals surface area contributed by atoms with Crippen molar-refractivity contribution in [2.24, 2.45) is 11.7 Å². The maximum Gasteiger partial charge on any atom is 0.275 e. The van der Waals surface area contributed by atoms with Gasteiger partial charge in [-0.1, -0.05) is 52.0 Å². The average Bonchev–Trinajstić information content (AvgIpc) is 2.35. The lowest BCUT2D eigenvalue weighted by Crippen LogP contribution is -2.93. The zero-order valence-electron chi connectivity index (χ0n) is 12.7. The second-order valence-corrected chi connectivity index (χ2v) is 5.97. The van der Waals surface area contributed by atoms with Gasteiger partial charge < -0.3 is 11.1 Å². The zero-order chi connectivity index (χ0) is 14.6. The number of primary amides is 1. The zero-order valence-corrected chi connectivity index (χ0v) is 12.7. The van der Waals surface area contributed by atoms with E-state index in [-0.39, 0.29) is 18.0 Å². The summed E-state index contributed by atoms with van der Waals surface area (Å²) >= 11 is 0. The van der Waals surface area contributed by atoms with E-state index < -0.39 is 0 Å². The fourth-order valence-corrected chi connectivity index (χ4v) is 2.23. The van der Waals surface area contributed by atoms with Crippen molar-refractivity contribution < 1.29 is 10.1 Å². The predicted molar refractivity (Wildman–Crippen MR) is 78.7 cm³/mol. The molecule has 0 fully saturated rings. The molecular formula is C16H27N2O+. The fourth-order valence-electron chi connectivity index (χ4n) is 2.23. The summed E-state index contributed by atoms with van der Waals surface area (Å²) in [4.78, 5) is 11.2. The van der Waals surface area contributed by atoms with Crippen LogP contribution < -0.4 is 11.1 Å². The van der Waals surface area contributed by atoms with Crippen LogP contribution in [0, 0.1) is 5.92 Å². The number of carbonyl (C=O) groups excluding carboxylic acids is 1. The lowest BCUT2D eigenvalue weighted by molar-refractivity contribution is -0.719. The van der Waals surface area contributed by atoms with E-state index in [1.165, 1.54) is 11.1 Å². The Labute approximate surface area is 116 Å². The number of nitrogens with two attached hydrogens (primary N) is 2. The van der Waals surface area contributed by atoms with Crippen molar-refractivity contribution >= 4 is 5.91 Å². The Kier molecular flexibility index (Phi) is 5.55. The van der Waals surface area contributed by atoms with Gasteiger partial charge in [0.15, 0.2) is 6.04 Å². The standard InChI is InChI=1S/C16H26N2O/c1-10(2)13-6-8-14(9-7-13)15(11(3)4)18-12(5)16(17)19/h6-12,15,18H,1-5H3,(H2,17,19)/p+1/t12-,15-/m1/s1. The van der Waals surface area contributed by atoms with E-state index in [4.69, 9.17) is 5.73 Å². The van der Waals surface area contributed by atoms with Crippen molar-refractivity contribution in [3.05, 3.63) is 35.4 Å². The number of quaternary nitrogens is 1. The summed E-state index contributed by atoms with van der Waals surface area (Å²) < 4.78 is 0. The van der Waals surface area contributed by atoms with Crippen LogP contribution in [0.4, 0.5) is 0 Å². The van der Waals surface area contributed by atoms with E-state index in [2.05, 4.69) is 57.3 Å². The predicted octanol–water partition coefficient (Wildman–Crippen LogP) is 1.94. The highest BCUT2D eigenvalue weighted by atomic mass is 16.1. The summed E-state index contributed by atoms with van der Waals surface area (Å²) in [6.45, 7) is 10.6. The second-order valence-electron chi connectivity index (χ2n) is 5.97. The van der Waals surface area contributed by atoms with Crippen LogP contribution in [0.2, 0.25) is 0 Å². The lowest BCUT2D eigenvalue weighted by atomic mass is 9.93. The van der Waals surface area contributed by atoms with Gasteiger partial charge in [-0.3, -0.25) is 4.79 Å². The van der Waals surface area contributed by atoms with Crippen molar-refractivity contribution in [3.63, 3.8) is 0 Å². The molecule has 1 aromatic carbocycles. The van der Waals surface area contributed by atoms with E-state index in [0.717, 1.165) is 0 Å². The number of rotatable bonds is 6. The third-order valence-electron chi connectivity index (χ3n) is 3.65. The second kappa shape index (κ2) is 6.71. The molecule has 0 saturated carbocycles. The molecule has 0 aromatic heterocycles. The summed E-state index contributed by atoms with van der Waals surface area (Å²) in [6, 6.07) is 8.77. The normalized spacial score (nSPS) is 14.7. The van der Waals surface area contributed by atoms with Crippen molar-refractivity contribution in [2.75, 3.05) is 0 Å². The van der Waals surface area contributed by atoms with Gasteiger partial charge in [-0.05, 0) is 18.4 Å². The first-order valence-corrected chi connectivity index (χ1v) is 7.07. The summed E-state index contributed by atoms with van der Waals surface area (Å²) in [5.74, 6) is 0.733. The first-order chi connectivity index (χ1) is 8.82. The molecule has 2 atom stereocenters. The molecule has 0 aliphatic carbocycles. The van der Waals surface area contributed by atoms with Gasteiger partial charge in [-0.25, -0.2) is 0 Å². The summed E-state index contributed by atoms with van der Waals surface area (Å²) in [5, 5.41) is 2.07. The number of benzene rings is 1.